The van der Waals surface area contributed by atoms with Crippen molar-refractivity contribution in [3.05, 3.63) is 23.8 Å². The summed E-state index contributed by atoms with van der Waals surface area (Å²) < 4.78 is 0. The van der Waals surface area contributed by atoms with Gasteiger partial charge < -0.3 is 0 Å². The van der Waals surface area contributed by atoms with Crippen LogP contribution in [-0.4, -0.2) is 9.97 Å². The van der Waals surface area contributed by atoms with Crippen LogP contribution in [0.3, 0.4) is 0 Å². The number of rotatable bonds is 6. The van der Waals surface area contributed by atoms with E-state index in [4.69, 9.17) is 0 Å². The second kappa shape index (κ2) is 6.52. The number of aryl methyl sites for hydroxylation is 2. The Balaban J connectivity index is 2.18. The topological polar surface area (TPSA) is 25.8 Å². The lowest BCUT2D eigenvalue weighted by Crippen LogP contribution is -1.94. The maximum absolute atomic E-state index is 4.38. The van der Waals surface area contributed by atoms with Gasteiger partial charge in [-0.25, -0.2) is 9.97 Å². The molecule has 1 aromatic rings. The van der Waals surface area contributed by atoms with E-state index in [0.717, 1.165) is 12.2 Å². The first-order valence-corrected chi connectivity index (χ1v) is 5.61. The molecule has 0 aliphatic rings. The van der Waals surface area contributed by atoms with E-state index < -0.39 is 0 Å². The first-order valence-electron chi connectivity index (χ1n) is 5.61. The number of hydrogen-bond donors (Lipinski definition) is 0. The minimum Gasteiger partial charge on any atom is -0.242 e. The van der Waals surface area contributed by atoms with Crippen molar-refractivity contribution in [1.82, 2.24) is 9.97 Å². The van der Waals surface area contributed by atoms with Gasteiger partial charge >= 0.3 is 0 Å². The lowest BCUT2D eigenvalue weighted by molar-refractivity contribution is 0.627. The number of unbranched alkanes of at least 4 members (excludes halogenated alkanes) is 4. The fourth-order valence-electron chi connectivity index (χ4n) is 1.55. The third-order valence-electron chi connectivity index (χ3n) is 2.37. The maximum atomic E-state index is 4.38. The van der Waals surface area contributed by atoms with Gasteiger partial charge in [-0.1, -0.05) is 32.6 Å². The average molecular weight is 192 g/mol. The van der Waals surface area contributed by atoms with Crippen LogP contribution in [0.2, 0.25) is 0 Å². The molecule has 0 N–H and O–H groups in total. The van der Waals surface area contributed by atoms with Crippen molar-refractivity contribution in [1.29, 1.82) is 0 Å². The lowest BCUT2D eigenvalue weighted by atomic mass is 10.1. The smallest absolute Gasteiger partial charge is 0.125 e. The summed E-state index contributed by atoms with van der Waals surface area (Å²) in [6.45, 7) is 4.19. The van der Waals surface area contributed by atoms with Gasteiger partial charge in [0.2, 0.25) is 0 Å². The van der Waals surface area contributed by atoms with Crippen LogP contribution in [0, 0.1) is 6.92 Å². The van der Waals surface area contributed by atoms with Crippen molar-refractivity contribution in [2.75, 3.05) is 0 Å². The second-order valence-corrected chi connectivity index (χ2v) is 3.76. The Morgan fingerprint density at radius 1 is 1.14 bits per heavy atom. The van der Waals surface area contributed by atoms with Crippen LogP contribution in [-0.2, 0) is 6.42 Å². The Labute approximate surface area is 86.8 Å². The molecule has 1 heterocycles. The van der Waals surface area contributed by atoms with Gasteiger partial charge in [-0.2, -0.15) is 0 Å². The van der Waals surface area contributed by atoms with E-state index in [-0.39, 0.29) is 0 Å². The molecule has 0 amide bonds. The van der Waals surface area contributed by atoms with E-state index in [1.54, 1.807) is 0 Å². The van der Waals surface area contributed by atoms with E-state index in [1.165, 1.54) is 37.8 Å². The predicted molar refractivity (Wildman–Crippen MR) is 59.2 cm³/mol. The molecule has 0 fully saturated rings. The van der Waals surface area contributed by atoms with E-state index in [2.05, 4.69) is 16.9 Å². The summed E-state index contributed by atoms with van der Waals surface area (Å²) in [5.41, 5.74) is 1.19. The number of nitrogens with zero attached hydrogens (tertiary/aromatic N) is 2. The van der Waals surface area contributed by atoms with E-state index in [9.17, 15) is 0 Å². The first-order chi connectivity index (χ1) is 6.83. The standard InChI is InChI=1S/C12H20N2/c1-3-4-5-6-7-8-12-9-10-13-11(2)14-12/h9-10H,3-8H2,1-2H3. The average Bonchev–Trinajstić information content (AvgIpc) is 2.18. The molecule has 2 nitrogen and oxygen atoms in total. The monoisotopic (exact) mass is 192 g/mol. The number of aromatic nitrogens is 2. The maximum Gasteiger partial charge on any atom is 0.125 e. The fraction of sp³-hybridized carbons (Fsp3) is 0.667. The highest BCUT2D eigenvalue weighted by Gasteiger charge is 1.95. The van der Waals surface area contributed by atoms with Crippen LogP contribution in [0.15, 0.2) is 12.3 Å². The SMILES string of the molecule is CCCCCCCc1ccnc(C)n1. The minimum atomic E-state index is 0.885. The van der Waals surface area contributed by atoms with Crippen LogP contribution >= 0.6 is 0 Å². The van der Waals surface area contributed by atoms with E-state index in [1.807, 2.05) is 19.2 Å². The van der Waals surface area contributed by atoms with Crippen LogP contribution < -0.4 is 0 Å². The van der Waals surface area contributed by atoms with Crippen LogP contribution in [0.1, 0.15) is 50.5 Å². The van der Waals surface area contributed by atoms with Gasteiger partial charge in [0, 0.05) is 11.9 Å². The second-order valence-electron chi connectivity index (χ2n) is 3.76. The number of hydrogen-bond acceptors (Lipinski definition) is 2. The van der Waals surface area contributed by atoms with Crippen molar-refractivity contribution in [3.63, 3.8) is 0 Å². The molecule has 14 heavy (non-hydrogen) atoms. The van der Waals surface area contributed by atoms with Crippen molar-refractivity contribution in [3.8, 4) is 0 Å². The summed E-state index contributed by atoms with van der Waals surface area (Å²) >= 11 is 0. The summed E-state index contributed by atoms with van der Waals surface area (Å²) in [5.74, 6) is 0.885. The third kappa shape index (κ3) is 4.35. The Hall–Kier alpha value is -0.920. The Morgan fingerprint density at radius 2 is 1.93 bits per heavy atom. The van der Waals surface area contributed by atoms with Crippen LogP contribution in [0.5, 0.6) is 0 Å². The zero-order chi connectivity index (χ0) is 10.2. The molecule has 0 radical (unpaired) electrons. The fourth-order valence-corrected chi connectivity index (χ4v) is 1.55. The molecule has 2 heteroatoms. The minimum absolute atomic E-state index is 0.885. The highest BCUT2D eigenvalue weighted by molar-refractivity contribution is 5.01. The van der Waals surface area contributed by atoms with Gasteiger partial charge in [-0.3, -0.25) is 0 Å². The van der Waals surface area contributed by atoms with Crippen molar-refractivity contribution < 1.29 is 0 Å². The highest BCUT2D eigenvalue weighted by atomic mass is 14.9. The third-order valence-corrected chi connectivity index (χ3v) is 2.37. The van der Waals surface area contributed by atoms with Crippen LogP contribution in [0.4, 0.5) is 0 Å². The van der Waals surface area contributed by atoms with Gasteiger partial charge in [-0.15, -0.1) is 0 Å². The summed E-state index contributed by atoms with van der Waals surface area (Å²) in [4.78, 5) is 8.47. The molecule has 0 bridgehead atoms. The van der Waals surface area contributed by atoms with Crippen molar-refractivity contribution in [2.45, 2.75) is 52.4 Å². The van der Waals surface area contributed by atoms with Gasteiger partial charge in [0.15, 0.2) is 0 Å². The van der Waals surface area contributed by atoms with E-state index >= 15 is 0 Å². The van der Waals surface area contributed by atoms with Crippen molar-refractivity contribution in [2.24, 2.45) is 0 Å². The normalized spacial score (nSPS) is 10.4. The molecular formula is C12H20N2. The van der Waals surface area contributed by atoms with Gasteiger partial charge in [0.05, 0.1) is 0 Å². The Morgan fingerprint density at radius 3 is 2.64 bits per heavy atom. The molecule has 1 aromatic heterocycles. The molecule has 0 unspecified atom stereocenters. The lowest BCUT2D eigenvalue weighted by Gasteiger charge is -2.01. The molecule has 0 aliphatic heterocycles. The summed E-state index contributed by atoms with van der Waals surface area (Å²) in [6.07, 6.45) is 9.58. The highest BCUT2D eigenvalue weighted by Crippen LogP contribution is 2.06. The van der Waals surface area contributed by atoms with E-state index in [0.29, 0.717) is 0 Å². The van der Waals surface area contributed by atoms with Gasteiger partial charge in [0.25, 0.3) is 0 Å². The molecule has 0 saturated heterocycles. The molecule has 0 saturated carbocycles. The molecular weight excluding hydrogens is 172 g/mol. The Bertz CT molecular complexity index is 258. The molecule has 0 atom stereocenters. The zero-order valence-corrected chi connectivity index (χ0v) is 9.29. The molecule has 1 rings (SSSR count). The first kappa shape index (κ1) is 11.2. The largest absolute Gasteiger partial charge is 0.242 e. The van der Waals surface area contributed by atoms with Gasteiger partial charge in [-0.05, 0) is 25.8 Å². The quantitative estimate of drug-likeness (QED) is 0.646. The molecule has 0 aromatic carbocycles. The predicted octanol–water partition coefficient (Wildman–Crippen LogP) is 3.30. The molecule has 0 aliphatic carbocycles. The summed E-state index contributed by atoms with van der Waals surface area (Å²) in [5, 5.41) is 0. The van der Waals surface area contributed by atoms with Gasteiger partial charge in [0.1, 0.15) is 5.82 Å². The summed E-state index contributed by atoms with van der Waals surface area (Å²) in [7, 11) is 0. The van der Waals surface area contributed by atoms with Crippen LogP contribution in [0.25, 0.3) is 0 Å². The molecule has 0 spiro atoms. The molecule has 78 valence electrons. The zero-order valence-electron chi connectivity index (χ0n) is 9.29. The van der Waals surface area contributed by atoms with Crippen molar-refractivity contribution >= 4 is 0 Å². The Kier molecular flexibility index (Phi) is 5.20. The summed E-state index contributed by atoms with van der Waals surface area (Å²) in [6, 6.07) is 2.02.